The zero-order chi connectivity index (χ0) is 15.0. The van der Waals surface area contributed by atoms with Gasteiger partial charge in [0.1, 0.15) is 0 Å². The van der Waals surface area contributed by atoms with Gasteiger partial charge in [0.25, 0.3) is 0 Å². The summed E-state index contributed by atoms with van der Waals surface area (Å²) in [4.78, 5) is 12.5. The number of rotatable bonds is 3. The van der Waals surface area contributed by atoms with Crippen LogP contribution in [0.25, 0.3) is 11.0 Å². The van der Waals surface area contributed by atoms with Gasteiger partial charge in [-0.1, -0.05) is 17.7 Å². The first-order valence-corrected chi connectivity index (χ1v) is 6.65. The van der Waals surface area contributed by atoms with Crippen LogP contribution in [0.1, 0.15) is 16.1 Å². The van der Waals surface area contributed by atoms with E-state index in [0.717, 1.165) is 0 Å². The summed E-state index contributed by atoms with van der Waals surface area (Å²) in [6.07, 6.45) is 0. The molecule has 0 aliphatic carbocycles. The number of carbonyl (C=O) groups is 1. The van der Waals surface area contributed by atoms with Crippen molar-refractivity contribution < 1.29 is 13.9 Å². The summed E-state index contributed by atoms with van der Waals surface area (Å²) in [5.74, 6) is 0.355. The number of ketones is 1. The second-order valence-corrected chi connectivity index (χ2v) is 4.95. The van der Waals surface area contributed by atoms with Gasteiger partial charge in [0.05, 0.1) is 12.8 Å². The van der Waals surface area contributed by atoms with Crippen molar-refractivity contribution in [2.75, 3.05) is 12.8 Å². The predicted molar refractivity (Wildman–Crippen MR) is 82.1 cm³/mol. The average Bonchev–Trinajstić information content (AvgIpc) is 2.85. The molecule has 21 heavy (non-hydrogen) atoms. The highest BCUT2D eigenvalue weighted by Gasteiger charge is 2.21. The Balaban J connectivity index is 2.14. The van der Waals surface area contributed by atoms with Crippen LogP contribution in [0.4, 0.5) is 5.69 Å². The maximum Gasteiger partial charge on any atom is 0.230 e. The van der Waals surface area contributed by atoms with Crippen LogP contribution in [0.15, 0.2) is 46.9 Å². The third-order valence-corrected chi connectivity index (χ3v) is 3.50. The molecule has 1 aromatic heterocycles. The molecule has 0 bridgehead atoms. The summed E-state index contributed by atoms with van der Waals surface area (Å²) >= 11 is 5.82. The third kappa shape index (κ3) is 2.23. The maximum atomic E-state index is 12.5. The van der Waals surface area contributed by atoms with E-state index >= 15 is 0 Å². The number of ether oxygens (including phenoxy) is 1. The summed E-state index contributed by atoms with van der Waals surface area (Å²) in [5, 5.41) is 1.22. The molecule has 0 aliphatic rings. The first kappa shape index (κ1) is 13.5. The van der Waals surface area contributed by atoms with Gasteiger partial charge in [-0.15, -0.1) is 0 Å². The minimum Gasteiger partial charge on any atom is -0.493 e. The molecule has 3 aromatic rings. The lowest BCUT2D eigenvalue weighted by Crippen LogP contribution is -2.02. The molecule has 4 nitrogen and oxygen atoms in total. The molecule has 0 unspecified atom stereocenters. The van der Waals surface area contributed by atoms with Crippen LogP contribution in [0.5, 0.6) is 5.75 Å². The van der Waals surface area contributed by atoms with E-state index in [9.17, 15) is 4.79 Å². The van der Waals surface area contributed by atoms with Crippen molar-refractivity contribution in [2.24, 2.45) is 0 Å². The Bertz CT molecular complexity index is 821. The quantitative estimate of drug-likeness (QED) is 0.745. The van der Waals surface area contributed by atoms with Gasteiger partial charge < -0.3 is 14.9 Å². The number of halogens is 1. The topological polar surface area (TPSA) is 65.5 Å². The molecule has 2 aromatic carbocycles. The smallest absolute Gasteiger partial charge is 0.230 e. The monoisotopic (exact) mass is 301 g/mol. The van der Waals surface area contributed by atoms with Crippen LogP contribution in [-0.2, 0) is 0 Å². The Kier molecular flexibility index (Phi) is 3.31. The van der Waals surface area contributed by atoms with Gasteiger partial charge in [-0.3, -0.25) is 4.79 Å². The van der Waals surface area contributed by atoms with E-state index in [1.165, 1.54) is 7.11 Å². The normalized spacial score (nSPS) is 10.8. The van der Waals surface area contributed by atoms with Gasteiger partial charge in [-0.2, -0.15) is 0 Å². The van der Waals surface area contributed by atoms with Gasteiger partial charge in [-0.05, 0) is 36.4 Å². The third-order valence-electron chi connectivity index (χ3n) is 3.25. The molecular weight excluding hydrogens is 290 g/mol. The lowest BCUT2D eigenvalue weighted by atomic mass is 10.1. The van der Waals surface area contributed by atoms with Crippen molar-refractivity contribution in [1.82, 2.24) is 0 Å². The van der Waals surface area contributed by atoms with Gasteiger partial charge in [0.2, 0.25) is 5.78 Å². The van der Waals surface area contributed by atoms with Crippen molar-refractivity contribution in [2.45, 2.75) is 0 Å². The molecule has 1 heterocycles. The Morgan fingerprint density at radius 1 is 1.19 bits per heavy atom. The highest BCUT2D eigenvalue weighted by atomic mass is 35.5. The predicted octanol–water partition coefficient (Wildman–Crippen LogP) is 3.91. The lowest BCUT2D eigenvalue weighted by molar-refractivity contribution is 0.101. The van der Waals surface area contributed by atoms with Crippen molar-refractivity contribution in [3.05, 3.63) is 58.8 Å². The Morgan fingerprint density at radius 3 is 2.57 bits per heavy atom. The summed E-state index contributed by atoms with van der Waals surface area (Å²) in [6, 6.07) is 11.9. The van der Waals surface area contributed by atoms with E-state index in [0.29, 0.717) is 33.0 Å². The van der Waals surface area contributed by atoms with Crippen molar-refractivity contribution >= 4 is 34.0 Å². The summed E-state index contributed by atoms with van der Waals surface area (Å²) in [7, 11) is 1.54. The number of hydrogen-bond donors (Lipinski definition) is 1. The number of nitrogen functional groups attached to an aromatic ring is 1. The minimum absolute atomic E-state index is 0.108. The Morgan fingerprint density at radius 2 is 1.90 bits per heavy atom. The van der Waals surface area contributed by atoms with Crippen molar-refractivity contribution in [3.8, 4) is 5.75 Å². The fourth-order valence-electron chi connectivity index (χ4n) is 2.17. The molecule has 2 N–H and O–H groups in total. The maximum absolute atomic E-state index is 12.5. The van der Waals surface area contributed by atoms with Crippen LogP contribution >= 0.6 is 11.6 Å². The average molecular weight is 302 g/mol. The SMILES string of the molecule is COc1cccc2c(N)c(C(=O)c3ccc(Cl)cc3)oc12. The molecule has 3 rings (SSSR count). The van der Waals surface area contributed by atoms with E-state index in [-0.39, 0.29) is 11.5 Å². The number of anilines is 1. The number of para-hydroxylation sites is 1. The highest BCUT2D eigenvalue weighted by Crippen LogP contribution is 2.35. The van der Waals surface area contributed by atoms with Crippen LogP contribution < -0.4 is 10.5 Å². The molecule has 0 spiro atoms. The van der Waals surface area contributed by atoms with Crippen LogP contribution in [0.3, 0.4) is 0 Å². The zero-order valence-electron chi connectivity index (χ0n) is 11.2. The molecule has 0 amide bonds. The van der Waals surface area contributed by atoms with E-state index in [1.807, 2.05) is 0 Å². The molecule has 0 aliphatic heterocycles. The van der Waals surface area contributed by atoms with E-state index in [4.69, 9.17) is 26.5 Å². The van der Waals surface area contributed by atoms with Gasteiger partial charge >= 0.3 is 0 Å². The minimum atomic E-state index is -0.289. The van der Waals surface area contributed by atoms with Crippen molar-refractivity contribution in [1.29, 1.82) is 0 Å². The molecule has 0 atom stereocenters. The van der Waals surface area contributed by atoms with E-state index in [2.05, 4.69) is 0 Å². The zero-order valence-corrected chi connectivity index (χ0v) is 12.0. The van der Waals surface area contributed by atoms with Crippen molar-refractivity contribution in [3.63, 3.8) is 0 Å². The van der Waals surface area contributed by atoms with Crippen LogP contribution in [0, 0.1) is 0 Å². The Hall–Kier alpha value is -2.46. The molecule has 106 valence electrons. The molecule has 0 radical (unpaired) electrons. The largest absolute Gasteiger partial charge is 0.493 e. The molecule has 0 saturated carbocycles. The molecular formula is C16H12ClNO3. The summed E-state index contributed by atoms with van der Waals surface area (Å²) in [5.41, 5.74) is 7.27. The first-order chi connectivity index (χ1) is 10.1. The standard InChI is InChI=1S/C16H12ClNO3/c1-20-12-4-2-3-11-13(18)16(21-15(11)12)14(19)9-5-7-10(17)8-6-9/h2-8H,18H2,1H3. The number of methoxy groups -OCH3 is 1. The number of nitrogens with two attached hydrogens (primary N) is 1. The first-order valence-electron chi connectivity index (χ1n) is 6.27. The number of carbonyl (C=O) groups excluding carboxylic acids is 1. The number of benzene rings is 2. The van der Waals surface area contributed by atoms with Gasteiger partial charge in [0, 0.05) is 16.0 Å². The second-order valence-electron chi connectivity index (χ2n) is 4.52. The van der Waals surface area contributed by atoms with Gasteiger partial charge in [0.15, 0.2) is 17.1 Å². The lowest BCUT2D eigenvalue weighted by Gasteiger charge is -1.99. The van der Waals surface area contributed by atoms with Gasteiger partial charge in [-0.25, -0.2) is 0 Å². The molecule has 5 heteroatoms. The number of fused-ring (bicyclic) bond motifs is 1. The molecule has 0 saturated heterocycles. The summed E-state index contributed by atoms with van der Waals surface area (Å²) < 4.78 is 10.9. The Labute approximate surface area is 126 Å². The fraction of sp³-hybridized carbons (Fsp3) is 0.0625. The number of furan rings is 1. The highest BCUT2D eigenvalue weighted by molar-refractivity contribution is 6.30. The van der Waals surface area contributed by atoms with Crippen LogP contribution in [-0.4, -0.2) is 12.9 Å². The molecule has 0 fully saturated rings. The fourth-order valence-corrected chi connectivity index (χ4v) is 2.30. The van der Waals surface area contributed by atoms with E-state index in [1.54, 1.807) is 42.5 Å². The second kappa shape index (κ2) is 5.14. The van der Waals surface area contributed by atoms with Crippen LogP contribution in [0.2, 0.25) is 5.02 Å². The summed E-state index contributed by atoms with van der Waals surface area (Å²) in [6.45, 7) is 0. The number of hydrogen-bond acceptors (Lipinski definition) is 4. The van der Waals surface area contributed by atoms with E-state index < -0.39 is 0 Å².